The Bertz CT molecular complexity index is 1330. The van der Waals surface area contributed by atoms with E-state index in [0.29, 0.717) is 38.5 Å². The van der Waals surface area contributed by atoms with Gasteiger partial charge in [-0.25, -0.2) is 13.2 Å². The number of hydrogen-bond donors (Lipinski definition) is 4. The zero-order valence-corrected chi connectivity index (χ0v) is 30.9. The lowest BCUT2D eigenvalue weighted by Gasteiger charge is -2.43. The topological polar surface area (TPSA) is 171 Å². The van der Waals surface area contributed by atoms with Gasteiger partial charge in [0.1, 0.15) is 12.1 Å². The predicted octanol–water partition coefficient (Wildman–Crippen LogP) is 3.40. The number of hydrogen-bond acceptors (Lipinski definition) is 7. The number of carbonyl (C=O) groups is 5. The first-order valence-electron chi connectivity index (χ1n) is 17.6. The molecule has 12 nitrogen and oxygen atoms in total. The molecule has 3 fully saturated rings. The highest BCUT2D eigenvalue weighted by molar-refractivity contribution is 7.92. The van der Waals surface area contributed by atoms with Crippen molar-refractivity contribution >= 4 is 39.4 Å². The average molecular weight is 694 g/mol. The van der Waals surface area contributed by atoms with Crippen LogP contribution in [0.1, 0.15) is 113 Å². The number of rotatable bonds is 12. The molecule has 1 saturated carbocycles. The number of likely N-dealkylation sites (tertiary alicyclic amines) is 1. The van der Waals surface area contributed by atoms with Crippen LogP contribution < -0.4 is 21.3 Å². The number of sulfone groups is 1. The van der Waals surface area contributed by atoms with Gasteiger partial charge in [0, 0.05) is 13.1 Å². The Morgan fingerprint density at radius 2 is 1.60 bits per heavy atom. The lowest BCUT2D eigenvalue weighted by molar-refractivity contribution is -0.145. The molecule has 272 valence electrons. The Morgan fingerprint density at radius 1 is 0.958 bits per heavy atom. The predicted molar refractivity (Wildman–Crippen MR) is 186 cm³/mol. The minimum atomic E-state index is -3.36. The van der Waals surface area contributed by atoms with Crippen molar-refractivity contribution in [1.82, 2.24) is 26.2 Å². The fraction of sp³-hybridized carbons (Fsp3) is 0.800. The monoisotopic (exact) mass is 693 g/mol. The Morgan fingerprint density at radius 3 is 2.12 bits per heavy atom. The molecule has 2 heterocycles. The maximum absolute atomic E-state index is 14.5. The van der Waals surface area contributed by atoms with Crippen LogP contribution in [0.5, 0.6) is 0 Å². The number of ketones is 1. The van der Waals surface area contributed by atoms with E-state index in [0.717, 1.165) is 19.3 Å². The summed E-state index contributed by atoms with van der Waals surface area (Å²) in [6.45, 7) is 17.3. The molecule has 0 aromatic carbocycles. The first-order chi connectivity index (χ1) is 22.3. The smallest absolute Gasteiger partial charge is 0.315 e. The van der Waals surface area contributed by atoms with Crippen LogP contribution in [-0.4, -0.2) is 90.6 Å². The van der Waals surface area contributed by atoms with Crippen molar-refractivity contribution in [1.29, 1.82) is 0 Å². The van der Waals surface area contributed by atoms with Gasteiger partial charge >= 0.3 is 6.03 Å². The summed E-state index contributed by atoms with van der Waals surface area (Å²) in [6.07, 6.45) is 7.55. The van der Waals surface area contributed by atoms with Gasteiger partial charge in [0.2, 0.25) is 17.6 Å². The Kier molecular flexibility index (Phi) is 12.9. The second kappa shape index (κ2) is 15.7. The fourth-order valence-corrected chi connectivity index (χ4v) is 10.2. The molecule has 0 bridgehead atoms. The summed E-state index contributed by atoms with van der Waals surface area (Å²) >= 11 is 0. The molecule has 3 aliphatic rings. The van der Waals surface area contributed by atoms with Crippen molar-refractivity contribution in [3.63, 3.8) is 0 Å². The van der Waals surface area contributed by atoms with Crippen molar-refractivity contribution in [3.8, 4) is 0 Å². The molecule has 5 atom stereocenters. The quantitative estimate of drug-likeness (QED) is 0.179. The van der Waals surface area contributed by atoms with E-state index in [-0.39, 0.29) is 36.6 Å². The second-order valence-corrected chi connectivity index (χ2v) is 18.4. The largest absolute Gasteiger partial charge is 0.346 e. The van der Waals surface area contributed by atoms with Crippen LogP contribution >= 0.6 is 0 Å². The van der Waals surface area contributed by atoms with Crippen molar-refractivity contribution < 1.29 is 32.4 Å². The summed E-state index contributed by atoms with van der Waals surface area (Å²) < 4.78 is 26.1. The molecule has 2 aliphatic heterocycles. The summed E-state index contributed by atoms with van der Waals surface area (Å²) in [7, 11) is -3.36. The number of Topliss-reactive ketones (excluding diaryl/α,β-unsaturated/α-hetero) is 1. The molecule has 13 heteroatoms. The molecule has 4 unspecified atom stereocenters. The third kappa shape index (κ3) is 9.18. The number of carbonyl (C=O) groups excluding carboxylic acids is 5. The Labute approximate surface area is 287 Å². The SMILES string of the molecule is C=CCNC(=O)C(=O)C(CCC)NC(=O)C1C(C(C)(C)C)CCN1C(=O)[C@@H](NC(=O)NC1(C2CCCS2(=O)=O)CCCCC1)C(C)(C)C. The molecule has 4 N–H and O–H groups in total. The maximum atomic E-state index is 14.5. The van der Waals surface area contributed by atoms with Crippen LogP contribution in [-0.2, 0) is 29.0 Å². The van der Waals surface area contributed by atoms with E-state index in [1.807, 2.05) is 48.5 Å². The first kappa shape index (κ1) is 39.5. The molecule has 3 rings (SSSR count). The Hall–Kier alpha value is -2.96. The average Bonchev–Trinajstić information content (AvgIpc) is 3.61. The van der Waals surface area contributed by atoms with Gasteiger partial charge in [0.25, 0.3) is 5.91 Å². The Balaban J connectivity index is 1.89. The lowest BCUT2D eigenvalue weighted by Crippen LogP contribution is -2.65. The number of urea groups is 1. The highest BCUT2D eigenvalue weighted by Gasteiger charge is 2.52. The van der Waals surface area contributed by atoms with E-state index in [9.17, 15) is 32.4 Å². The van der Waals surface area contributed by atoms with E-state index >= 15 is 0 Å². The van der Waals surface area contributed by atoms with E-state index in [4.69, 9.17) is 0 Å². The van der Waals surface area contributed by atoms with Gasteiger partial charge in [0.15, 0.2) is 9.84 Å². The van der Waals surface area contributed by atoms with Crippen molar-refractivity contribution in [2.75, 3.05) is 18.8 Å². The third-order valence-corrected chi connectivity index (χ3v) is 12.8. The molecular formula is C35H59N5O7S. The zero-order valence-electron chi connectivity index (χ0n) is 30.1. The minimum absolute atomic E-state index is 0.112. The molecule has 0 aromatic rings. The minimum Gasteiger partial charge on any atom is -0.346 e. The van der Waals surface area contributed by atoms with E-state index in [1.165, 1.54) is 11.0 Å². The maximum Gasteiger partial charge on any atom is 0.315 e. The number of nitrogens with one attached hydrogen (secondary N) is 4. The zero-order chi connectivity index (χ0) is 36.1. The normalized spacial score (nSPS) is 25.0. The van der Waals surface area contributed by atoms with Crippen LogP contribution in [0.25, 0.3) is 0 Å². The molecule has 48 heavy (non-hydrogen) atoms. The van der Waals surface area contributed by atoms with Gasteiger partial charge in [-0.3, -0.25) is 19.2 Å². The second-order valence-electron chi connectivity index (χ2n) is 16.1. The van der Waals surface area contributed by atoms with Crippen molar-refractivity contribution in [2.45, 2.75) is 142 Å². The summed E-state index contributed by atoms with van der Waals surface area (Å²) in [5.41, 5.74) is -2.04. The lowest BCUT2D eigenvalue weighted by atomic mass is 9.75. The van der Waals surface area contributed by atoms with E-state index in [2.05, 4.69) is 27.8 Å². The highest BCUT2D eigenvalue weighted by atomic mass is 32.2. The summed E-state index contributed by atoms with van der Waals surface area (Å²) in [4.78, 5) is 69.4. The van der Waals surface area contributed by atoms with E-state index in [1.54, 1.807) is 0 Å². The summed E-state index contributed by atoms with van der Waals surface area (Å²) in [6, 6.07) is -3.64. The van der Waals surface area contributed by atoms with Crippen LogP contribution in [0.3, 0.4) is 0 Å². The van der Waals surface area contributed by atoms with Crippen molar-refractivity contribution in [3.05, 3.63) is 12.7 Å². The summed E-state index contributed by atoms with van der Waals surface area (Å²) in [5, 5.41) is 10.6. The van der Waals surface area contributed by atoms with Gasteiger partial charge in [-0.05, 0) is 55.3 Å². The number of amides is 5. The molecule has 2 saturated heterocycles. The highest BCUT2D eigenvalue weighted by Crippen LogP contribution is 2.41. The molecule has 1 aliphatic carbocycles. The summed E-state index contributed by atoms with van der Waals surface area (Å²) in [5.74, 6) is -2.68. The molecule has 0 aromatic heterocycles. The first-order valence-corrected chi connectivity index (χ1v) is 19.3. The van der Waals surface area contributed by atoms with Gasteiger partial charge in [-0.2, -0.15) is 0 Å². The van der Waals surface area contributed by atoms with Gasteiger partial charge in [-0.1, -0.05) is 80.2 Å². The number of nitrogens with zero attached hydrogens (tertiary/aromatic N) is 1. The molecule has 0 radical (unpaired) electrons. The van der Waals surface area contributed by atoms with Gasteiger partial charge in [-0.15, -0.1) is 6.58 Å². The molecule has 5 amide bonds. The van der Waals surface area contributed by atoms with Gasteiger partial charge in [0.05, 0.1) is 22.6 Å². The molecular weight excluding hydrogens is 634 g/mol. The van der Waals surface area contributed by atoms with Crippen molar-refractivity contribution in [2.24, 2.45) is 16.7 Å². The van der Waals surface area contributed by atoms with Crippen LogP contribution in [0.4, 0.5) is 4.79 Å². The van der Waals surface area contributed by atoms with Gasteiger partial charge < -0.3 is 26.2 Å². The van der Waals surface area contributed by atoms with Crippen LogP contribution in [0.2, 0.25) is 0 Å². The third-order valence-electron chi connectivity index (χ3n) is 10.3. The van der Waals surface area contributed by atoms with Crippen LogP contribution in [0.15, 0.2) is 12.7 Å². The van der Waals surface area contributed by atoms with E-state index < -0.39 is 73.7 Å². The fourth-order valence-electron chi connectivity index (χ4n) is 7.82. The molecule has 0 spiro atoms. The standard InChI is InChI=1S/C35H59N5O7S/c1-9-15-24(27(41)30(43)36-20-10-2)37-29(42)26-23(33(3,4)5)17-21-40(26)31(44)28(34(6,7)8)38-32(45)39-35(18-12-11-13-19-35)25-16-14-22-48(25,46)47/h10,23-26,28H,2,9,11-22H2,1,3-8H3,(H,36,43)(H,37,42)(H2,38,39,45)/t23?,24?,25?,26?,28-/m1/s1. The van der Waals surface area contributed by atoms with Crippen LogP contribution in [0, 0.1) is 16.7 Å².